The number of hydrogen-bond acceptors (Lipinski definition) is 2. The summed E-state index contributed by atoms with van der Waals surface area (Å²) in [6, 6.07) is 129. The van der Waals surface area contributed by atoms with Gasteiger partial charge in [0.2, 0.25) is 0 Å². The molecule has 3 aliphatic rings. The lowest BCUT2D eigenvalue weighted by Crippen LogP contribution is -2.14. The van der Waals surface area contributed by atoms with Crippen molar-refractivity contribution in [3.05, 3.63) is 379 Å². The zero-order valence-corrected chi connectivity index (χ0v) is 63.1. The molecule has 0 saturated heterocycles. The third-order valence-electron chi connectivity index (χ3n) is 25.7. The van der Waals surface area contributed by atoms with E-state index in [2.05, 4.69) is 401 Å². The highest BCUT2D eigenvalue weighted by molar-refractivity contribution is 6.14. The highest BCUT2D eigenvalue weighted by Gasteiger charge is 2.38. The van der Waals surface area contributed by atoms with Crippen molar-refractivity contribution in [2.24, 2.45) is 0 Å². The van der Waals surface area contributed by atoms with E-state index in [0.29, 0.717) is 5.82 Å². The smallest absolute Gasteiger partial charge is 0.160 e. The monoisotopic (exact) mass is 1430 g/mol. The first-order valence-electron chi connectivity index (χ1n) is 39.3. The van der Waals surface area contributed by atoms with Crippen LogP contribution in [0, 0.1) is 0 Å². The predicted octanol–water partition coefficient (Wildman–Crippen LogP) is 27.8. The molecule has 0 radical (unpaired) electrons. The molecule has 0 aliphatic heterocycles. The van der Waals surface area contributed by atoms with Crippen LogP contribution in [0.5, 0.6) is 0 Å². The summed E-state index contributed by atoms with van der Waals surface area (Å²) in [6.45, 7) is 14.2. The maximum Gasteiger partial charge on any atom is 0.160 e. The molecule has 0 fully saturated rings. The molecule has 112 heavy (non-hydrogen) atoms. The third kappa shape index (κ3) is 9.37. The van der Waals surface area contributed by atoms with E-state index in [-0.39, 0.29) is 16.2 Å². The molecule has 0 bridgehead atoms. The molecule has 5 nitrogen and oxygen atoms in total. The molecule has 23 rings (SSSR count). The SMILES string of the molecule is CC1(C)c2ccccc2-c2ccc(-c3ccc4c(c3)c3ccccc3n4-c3ccc(-c4nc(-c5cccc(-n6c7ccccc7c7cc(-c8ccc9c(c8)C(C)(C)c8ccccc8-9)ccc76)c5)nc5ccc(-c6cccc(-n7c8ccccc8c8cc(-c9ccc%10c(c9)C(C)(C)c9ccccc9-%10)ccc87)c6)cc45)cc3)cc21. The Kier molecular flexibility index (Phi) is 13.6. The van der Waals surface area contributed by atoms with E-state index in [1.807, 2.05) is 0 Å². The van der Waals surface area contributed by atoms with Crippen molar-refractivity contribution in [2.45, 2.75) is 57.8 Å². The molecule has 16 aromatic carbocycles. The molecule has 528 valence electrons. The maximum atomic E-state index is 5.75. The minimum absolute atomic E-state index is 0.0892. The topological polar surface area (TPSA) is 40.6 Å². The number of nitrogens with zero attached hydrogens (tertiary/aromatic N) is 5. The van der Waals surface area contributed by atoms with Crippen molar-refractivity contribution in [2.75, 3.05) is 0 Å². The molecule has 4 aromatic heterocycles. The Morgan fingerprint density at radius 2 is 0.509 bits per heavy atom. The summed E-state index contributed by atoms with van der Waals surface area (Å²) in [4.78, 5) is 11.3. The van der Waals surface area contributed by atoms with Crippen LogP contribution >= 0.6 is 0 Å². The van der Waals surface area contributed by atoms with Gasteiger partial charge in [0.15, 0.2) is 5.82 Å². The Balaban J connectivity index is 0.639. The lowest BCUT2D eigenvalue weighted by atomic mass is 9.81. The first kappa shape index (κ1) is 64.3. The first-order valence-corrected chi connectivity index (χ1v) is 39.3. The van der Waals surface area contributed by atoms with Gasteiger partial charge in [0.05, 0.1) is 44.3 Å². The van der Waals surface area contributed by atoms with Gasteiger partial charge in [-0.2, -0.15) is 0 Å². The summed E-state index contributed by atoms with van der Waals surface area (Å²) in [7, 11) is 0. The van der Waals surface area contributed by atoms with Crippen molar-refractivity contribution < 1.29 is 0 Å². The highest BCUT2D eigenvalue weighted by Crippen LogP contribution is 2.54. The van der Waals surface area contributed by atoms with Gasteiger partial charge in [0.1, 0.15) is 0 Å². The molecule has 20 aromatic rings. The van der Waals surface area contributed by atoms with Crippen LogP contribution in [-0.2, 0) is 16.2 Å². The molecule has 0 saturated carbocycles. The van der Waals surface area contributed by atoms with Gasteiger partial charge in [-0.05, 0) is 233 Å². The van der Waals surface area contributed by atoms with E-state index in [1.54, 1.807) is 0 Å². The van der Waals surface area contributed by atoms with Crippen LogP contribution in [0.15, 0.2) is 346 Å². The average Bonchev–Trinajstić information content (AvgIpc) is 1.56. The quantitative estimate of drug-likeness (QED) is 0.144. The van der Waals surface area contributed by atoms with Gasteiger partial charge in [0, 0.05) is 82.1 Å². The fourth-order valence-electron chi connectivity index (χ4n) is 20.0. The maximum absolute atomic E-state index is 5.75. The first-order chi connectivity index (χ1) is 54.8. The Morgan fingerprint density at radius 1 is 0.196 bits per heavy atom. The van der Waals surface area contributed by atoms with Crippen LogP contribution in [0.2, 0.25) is 0 Å². The summed E-state index contributed by atoms with van der Waals surface area (Å²) in [6.07, 6.45) is 0. The molecule has 0 unspecified atom stereocenters. The second kappa shape index (κ2) is 23.6. The lowest BCUT2D eigenvalue weighted by Gasteiger charge is -2.22. The highest BCUT2D eigenvalue weighted by atomic mass is 15.0. The van der Waals surface area contributed by atoms with Crippen molar-refractivity contribution in [3.63, 3.8) is 0 Å². The van der Waals surface area contributed by atoms with Crippen molar-refractivity contribution in [3.8, 4) is 118 Å². The zero-order valence-electron chi connectivity index (χ0n) is 63.1. The fraction of sp³-hybridized carbons (Fsp3) is 0.0841. The van der Waals surface area contributed by atoms with Gasteiger partial charge in [-0.1, -0.05) is 266 Å². The summed E-state index contributed by atoms with van der Waals surface area (Å²) >= 11 is 0. The average molecular weight is 1430 g/mol. The minimum atomic E-state index is -0.0958. The summed E-state index contributed by atoms with van der Waals surface area (Å²) in [5.74, 6) is 0.655. The summed E-state index contributed by atoms with van der Waals surface area (Å²) in [5.41, 5.74) is 39.3. The number of para-hydroxylation sites is 3. The van der Waals surface area contributed by atoms with Crippen LogP contribution in [0.3, 0.4) is 0 Å². The molecular weight excluding hydrogens is 1360 g/mol. The summed E-state index contributed by atoms with van der Waals surface area (Å²) in [5, 5.41) is 8.26. The van der Waals surface area contributed by atoms with Crippen LogP contribution in [-0.4, -0.2) is 23.7 Å². The van der Waals surface area contributed by atoms with Gasteiger partial charge in [0.25, 0.3) is 0 Å². The second-order valence-electron chi connectivity index (χ2n) is 32.8. The minimum Gasteiger partial charge on any atom is -0.309 e. The summed E-state index contributed by atoms with van der Waals surface area (Å²) < 4.78 is 7.27. The second-order valence-corrected chi connectivity index (χ2v) is 32.8. The number of aromatic nitrogens is 5. The lowest BCUT2D eigenvalue weighted by molar-refractivity contribution is 0.660. The van der Waals surface area contributed by atoms with Gasteiger partial charge in [-0.15, -0.1) is 0 Å². The fourth-order valence-corrected chi connectivity index (χ4v) is 20.0. The molecule has 0 amide bonds. The van der Waals surface area contributed by atoms with Crippen LogP contribution in [0.4, 0.5) is 0 Å². The van der Waals surface area contributed by atoms with E-state index in [0.717, 1.165) is 89.0 Å². The van der Waals surface area contributed by atoms with Crippen molar-refractivity contribution in [1.29, 1.82) is 0 Å². The Morgan fingerprint density at radius 3 is 0.946 bits per heavy atom. The number of benzene rings is 16. The Labute approximate surface area is 650 Å². The molecule has 4 heterocycles. The van der Waals surface area contributed by atoms with Gasteiger partial charge in [-0.25, -0.2) is 9.97 Å². The Hall–Kier alpha value is -13.7. The molecule has 5 heteroatoms. The standard InChI is InChI=1S/C107H75N5/c1-105(2)90-31-13-7-25-77(90)80-48-39-70(61-93(80)105)67-43-52-100-86(57-67)83-28-10-16-34-97(83)110(100)74-46-37-64(38-47-74)103-89-60-66(65-21-19-23-75(55-65)111-98-35-17-11-29-84(98)87-58-68(44-53-101(87)111)71-40-49-81-78-26-8-14-32-91(78)106(3,4)94(81)62-71)42-51-96(89)108-104(109-103)73-22-20-24-76(56-73)112-99-36-18-12-30-85(99)88-59-69(45-54-102(88)112)72-41-50-82-79-27-9-15-33-92(79)107(5,6)95(82)63-72/h7-63H,1-6H3. The van der Waals surface area contributed by atoms with E-state index < -0.39 is 0 Å². The van der Waals surface area contributed by atoms with Crippen molar-refractivity contribution in [1.82, 2.24) is 23.7 Å². The van der Waals surface area contributed by atoms with Crippen molar-refractivity contribution >= 4 is 76.3 Å². The normalized spacial score (nSPS) is 14.0. The van der Waals surface area contributed by atoms with Crippen LogP contribution in [0.25, 0.3) is 194 Å². The number of hydrogen-bond donors (Lipinski definition) is 0. The van der Waals surface area contributed by atoms with Gasteiger partial charge in [-0.3, -0.25) is 0 Å². The van der Waals surface area contributed by atoms with E-state index in [4.69, 9.17) is 9.97 Å². The van der Waals surface area contributed by atoms with E-state index >= 15 is 0 Å². The largest absolute Gasteiger partial charge is 0.309 e. The third-order valence-corrected chi connectivity index (χ3v) is 25.7. The molecule has 0 spiro atoms. The zero-order chi connectivity index (χ0) is 74.6. The Bertz CT molecular complexity index is 7470. The number of fused-ring (bicyclic) bond motifs is 19. The van der Waals surface area contributed by atoms with Gasteiger partial charge >= 0.3 is 0 Å². The number of rotatable bonds is 9. The van der Waals surface area contributed by atoms with Crippen LogP contribution < -0.4 is 0 Å². The molecule has 0 atom stereocenters. The molecular formula is C107H75N5. The molecule has 0 N–H and O–H groups in total. The predicted molar refractivity (Wildman–Crippen MR) is 468 cm³/mol. The van der Waals surface area contributed by atoms with Gasteiger partial charge < -0.3 is 13.7 Å². The van der Waals surface area contributed by atoms with Crippen LogP contribution in [0.1, 0.15) is 74.9 Å². The van der Waals surface area contributed by atoms with E-state index in [1.165, 1.54) is 132 Å². The molecule has 3 aliphatic carbocycles. The van der Waals surface area contributed by atoms with E-state index in [9.17, 15) is 0 Å².